The molecule has 2 heterocycles. The van der Waals surface area contributed by atoms with Gasteiger partial charge in [0, 0.05) is 6.42 Å². The number of carbonyl (C=O) groups excluding carboxylic acids is 1. The van der Waals surface area contributed by atoms with Gasteiger partial charge in [0.05, 0.1) is 17.1 Å². The van der Waals surface area contributed by atoms with Crippen molar-refractivity contribution in [1.29, 1.82) is 0 Å². The number of rotatable bonds is 6. The number of imidazole rings is 1. The predicted molar refractivity (Wildman–Crippen MR) is 110 cm³/mol. The summed E-state index contributed by atoms with van der Waals surface area (Å²) in [6, 6.07) is 15.7. The third kappa shape index (κ3) is 4.54. The normalized spacial score (nSPS) is 12.8. The second-order valence-electron chi connectivity index (χ2n) is 6.90. The Morgan fingerprint density at radius 3 is 2.60 bits per heavy atom. The maximum atomic E-state index is 13.0. The lowest BCUT2D eigenvalue weighted by Crippen LogP contribution is -2.29. The molecule has 4 aromatic rings. The fraction of sp³-hybridized carbons (Fsp3) is 0.182. The zero-order valence-electron chi connectivity index (χ0n) is 15.7. The maximum absolute atomic E-state index is 13.0. The first-order valence-electron chi connectivity index (χ1n) is 9.32. The topological polar surface area (TPSA) is 57.8 Å². The van der Waals surface area contributed by atoms with Crippen LogP contribution in [0.5, 0.6) is 0 Å². The summed E-state index contributed by atoms with van der Waals surface area (Å²) in [6.07, 6.45) is -3.59. The highest BCUT2D eigenvalue weighted by molar-refractivity contribution is 7.07. The Balaban J connectivity index is 1.61. The number of hydrogen-bond acceptors (Lipinski definition) is 3. The lowest BCUT2D eigenvalue weighted by Gasteiger charge is -2.20. The van der Waals surface area contributed by atoms with Crippen molar-refractivity contribution < 1.29 is 18.0 Å². The minimum atomic E-state index is -4.55. The molecule has 30 heavy (non-hydrogen) atoms. The smallest absolute Gasteiger partial charge is 0.345 e. The minimum Gasteiger partial charge on any atom is -0.345 e. The van der Waals surface area contributed by atoms with Crippen molar-refractivity contribution >= 4 is 28.3 Å². The van der Waals surface area contributed by atoms with Crippen LogP contribution in [0.2, 0.25) is 0 Å². The molecule has 4 nitrogen and oxygen atoms in total. The SMILES string of the molecule is O=C(CCc1ccsc1)NC(c1ccccc1)c1ccc2nc(C(F)(F)F)[nH]c2c1. The lowest BCUT2D eigenvalue weighted by atomic mass is 9.98. The van der Waals surface area contributed by atoms with Gasteiger partial charge in [-0.2, -0.15) is 24.5 Å². The zero-order chi connectivity index (χ0) is 21.1. The number of amides is 1. The number of benzene rings is 2. The van der Waals surface area contributed by atoms with Gasteiger partial charge < -0.3 is 10.3 Å². The molecule has 1 unspecified atom stereocenters. The van der Waals surface area contributed by atoms with E-state index in [0.29, 0.717) is 18.4 Å². The van der Waals surface area contributed by atoms with Gasteiger partial charge in [0.15, 0.2) is 0 Å². The predicted octanol–water partition coefficient (Wildman–Crippen LogP) is 5.48. The maximum Gasteiger partial charge on any atom is 0.449 e. The van der Waals surface area contributed by atoms with Gasteiger partial charge in [0.25, 0.3) is 0 Å². The third-order valence-electron chi connectivity index (χ3n) is 4.77. The van der Waals surface area contributed by atoms with E-state index >= 15 is 0 Å². The second kappa shape index (κ2) is 8.31. The summed E-state index contributed by atoms with van der Waals surface area (Å²) in [5, 5.41) is 7.00. The summed E-state index contributed by atoms with van der Waals surface area (Å²) >= 11 is 1.58. The van der Waals surface area contributed by atoms with E-state index in [1.165, 1.54) is 6.07 Å². The van der Waals surface area contributed by atoms with Crippen LogP contribution in [0, 0.1) is 0 Å². The number of aromatic nitrogens is 2. The molecule has 0 saturated heterocycles. The van der Waals surface area contributed by atoms with Gasteiger partial charge >= 0.3 is 6.18 Å². The Morgan fingerprint density at radius 2 is 1.90 bits per heavy atom. The van der Waals surface area contributed by atoms with Crippen molar-refractivity contribution in [1.82, 2.24) is 15.3 Å². The molecule has 0 radical (unpaired) electrons. The number of halogens is 3. The monoisotopic (exact) mass is 429 g/mol. The minimum absolute atomic E-state index is 0.129. The van der Waals surface area contributed by atoms with Crippen LogP contribution >= 0.6 is 11.3 Å². The molecule has 4 rings (SSSR count). The van der Waals surface area contributed by atoms with Gasteiger partial charge in [0.1, 0.15) is 0 Å². The third-order valence-corrected chi connectivity index (χ3v) is 5.50. The number of hydrogen-bond donors (Lipinski definition) is 2. The van der Waals surface area contributed by atoms with Crippen LogP contribution in [0.1, 0.15) is 35.0 Å². The first-order chi connectivity index (χ1) is 14.4. The number of alkyl halides is 3. The molecule has 0 aliphatic rings. The van der Waals surface area contributed by atoms with Crippen molar-refractivity contribution in [3.63, 3.8) is 0 Å². The number of carbonyl (C=O) groups is 1. The average Bonchev–Trinajstić information content (AvgIpc) is 3.40. The Bertz CT molecular complexity index is 1140. The number of H-pyrrole nitrogens is 1. The van der Waals surface area contributed by atoms with E-state index in [9.17, 15) is 18.0 Å². The number of fused-ring (bicyclic) bond motifs is 1. The van der Waals surface area contributed by atoms with Gasteiger partial charge in [-0.15, -0.1) is 0 Å². The highest BCUT2D eigenvalue weighted by Crippen LogP contribution is 2.30. The fourth-order valence-electron chi connectivity index (χ4n) is 3.27. The molecule has 2 aromatic heterocycles. The van der Waals surface area contributed by atoms with E-state index < -0.39 is 18.0 Å². The van der Waals surface area contributed by atoms with Gasteiger partial charge in [-0.3, -0.25) is 4.79 Å². The number of nitrogens with one attached hydrogen (secondary N) is 2. The van der Waals surface area contributed by atoms with Gasteiger partial charge in [-0.05, 0) is 52.1 Å². The molecule has 8 heteroatoms. The molecule has 1 atom stereocenters. The Labute approximate surface area is 174 Å². The standard InChI is InChI=1S/C22H18F3N3OS/c23-22(24,25)21-26-17-8-7-16(12-18(17)27-21)20(15-4-2-1-3-5-15)28-19(29)9-6-14-10-11-30-13-14/h1-5,7-8,10-13,20H,6,9H2,(H,26,27)(H,28,29). The van der Waals surface area contributed by atoms with E-state index in [1.54, 1.807) is 23.5 Å². The number of thiophene rings is 1. The molecule has 2 aromatic carbocycles. The quantitative estimate of drug-likeness (QED) is 0.426. The Hall–Kier alpha value is -3.13. The summed E-state index contributed by atoms with van der Waals surface area (Å²) < 4.78 is 38.9. The summed E-state index contributed by atoms with van der Waals surface area (Å²) in [5.41, 5.74) is 3.12. The van der Waals surface area contributed by atoms with Gasteiger partial charge in [-0.1, -0.05) is 36.4 Å². The van der Waals surface area contributed by atoms with Crippen molar-refractivity contribution in [2.45, 2.75) is 25.1 Å². The van der Waals surface area contributed by atoms with Crippen molar-refractivity contribution in [3.05, 3.63) is 87.9 Å². The number of aromatic amines is 1. The zero-order valence-corrected chi connectivity index (χ0v) is 16.6. The summed E-state index contributed by atoms with van der Waals surface area (Å²) in [6.45, 7) is 0. The van der Waals surface area contributed by atoms with Crippen molar-refractivity contribution in [3.8, 4) is 0 Å². The molecule has 1 amide bonds. The summed E-state index contributed by atoms with van der Waals surface area (Å²) in [7, 11) is 0. The molecule has 0 aliphatic heterocycles. The van der Waals surface area contributed by atoms with E-state index in [4.69, 9.17) is 0 Å². The molecule has 0 saturated carbocycles. The van der Waals surface area contributed by atoms with E-state index in [1.807, 2.05) is 47.2 Å². The summed E-state index contributed by atoms with van der Waals surface area (Å²) in [4.78, 5) is 18.6. The largest absolute Gasteiger partial charge is 0.449 e. The molecule has 0 fully saturated rings. The number of aryl methyl sites for hydroxylation is 1. The Morgan fingerprint density at radius 1 is 1.10 bits per heavy atom. The molecule has 0 spiro atoms. The van der Waals surface area contributed by atoms with E-state index in [0.717, 1.165) is 11.1 Å². The van der Waals surface area contributed by atoms with Crippen LogP contribution in [-0.4, -0.2) is 15.9 Å². The molecule has 154 valence electrons. The Kier molecular flexibility index (Phi) is 5.59. The van der Waals surface area contributed by atoms with Crippen molar-refractivity contribution in [2.24, 2.45) is 0 Å². The first kappa shape index (κ1) is 20.2. The average molecular weight is 429 g/mol. The molecular formula is C22H18F3N3OS. The molecule has 0 aliphatic carbocycles. The van der Waals surface area contributed by atoms with E-state index in [2.05, 4.69) is 15.3 Å². The van der Waals surface area contributed by atoms with Crippen LogP contribution < -0.4 is 5.32 Å². The van der Waals surface area contributed by atoms with Crippen LogP contribution in [-0.2, 0) is 17.4 Å². The number of nitrogens with zero attached hydrogens (tertiary/aromatic N) is 1. The van der Waals surface area contributed by atoms with Crippen LogP contribution in [0.15, 0.2) is 65.4 Å². The van der Waals surface area contributed by atoms with Crippen LogP contribution in [0.4, 0.5) is 13.2 Å². The van der Waals surface area contributed by atoms with Crippen LogP contribution in [0.25, 0.3) is 11.0 Å². The molecule has 2 N–H and O–H groups in total. The highest BCUT2D eigenvalue weighted by Gasteiger charge is 2.34. The first-order valence-corrected chi connectivity index (χ1v) is 10.3. The molecular weight excluding hydrogens is 411 g/mol. The van der Waals surface area contributed by atoms with E-state index in [-0.39, 0.29) is 16.9 Å². The molecule has 0 bridgehead atoms. The van der Waals surface area contributed by atoms with Gasteiger partial charge in [0.2, 0.25) is 11.7 Å². The lowest BCUT2D eigenvalue weighted by molar-refractivity contribution is -0.144. The second-order valence-corrected chi connectivity index (χ2v) is 7.68. The summed E-state index contributed by atoms with van der Waals surface area (Å²) in [5.74, 6) is -1.17. The highest BCUT2D eigenvalue weighted by atomic mass is 32.1. The van der Waals surface area contributed by atoms with Crippen LogP contribution in [0.3, 0.4) is 0 Å². The van der Waals surface area contributed by atoms with Gasteiger partial charge in [-0.25, -0.2) is 4.98 Å². The van der Waals surface area contributed by atoms with Crippen molar-refractivity contribution in [2.75, 3.05) is 0 Å². The fourth-order valence-corrected chi connectivity index (χ4v) is 3.97.